The molecule has 0 saturated heterocycles. The Morgan fingerprint density at radius 3 is 2.84 bits per heavy atom. The molecule has 2 aromatic heterocycles. The third kappa shape index (κ3) is 2.25. The number of carbonyl (C=O) groups is 1. The Morgan fingerprint density at radius 2 is 2.05 bits per heavy atom. The molecule has 2 heterocycles. The Balaban J connectivity index is 1.98. The molecule has 5 nitrogen and oxygen atoms in total. The smallest absolute Gasteiger partial charge is 0.260 e. The van der Waals surface area contributed by atoms with Gasteiger partial charge in [0.1, 0.15) is 10.7 Å². The zero-order valence-corrected chi connectivity index (χ0v) is 10.6. The summed E-state index contributed by atoms with van der Waals surface area (Å²) in [6.45, 7) is 0. The number of carbonyl (C=O) groups excluding carboxylic acids is 1. The van der Waals surface area contributed by atoms with Crippen LogP contribution in [-0.4, -0.2) is 15.9 Å². The summed E-state index contributed by atoms with van der Waals surface area (Å²) >= 11 is 1.21. The van der Waals surface area contributed by atoms with Crippen molar-refractivity contribution in [2.75, 3.05) is 5.32 Å². The number of thiazole rings is 1. The number of nitrogens with one attached hydrogen (secondary N) is 1. The Hall–Kier alpha value is -2.47. The molecular weight excluding hydrogens is 260 g/mol. The molecule has 3 aromatic rings. The molecule has 0 saturated carbocycles. The van der Waals surface area contributed by atoms with E-state index < -0.39 is 5.91 Å². The van der Waals surface area contributed by atoms with E-state index in [9.17, 15) is 4.79 Å². The maximum atomic E-state index is 11.0. The normalized spacial score (nSPS) is 10.5. The van der Waals surface area contributed by atoms with E-state index in [0.29, 0.717) is 15.8 Å². The largest absolute Gasteiger partial charge is 0.365 e. The van der Waals surface area contributed by atoms with Crippen molar-refractivity contribution in [1.82, 2.24) is 9.97 Å². The van der Waals surface area contributed by atoms with Crippen LogP contribution in [0.15, 0.2) is 42.7 Å². The minimum Gasteiger partial charge on any atom is -0.365 e. The van der Waals surface area contributed by atoms with Crippen LogP contribution in [0.5, 0.6) is 0 Å². The van der Waals surface area contributed by atoms with Gasteiger partial charge >= 0.3 is 0 Å². The number of rotatable bonds is 3. The summed E-state index contributed by atoms with van der Waals surface area (Å²) in [6.07, 6.45) is 3.19. The lowest BCUT2D eigenvalue weighted by molar-refractivity contribution is 0.100. The Labute approximate surface area is 113 Å². The van der Waals surface area contributed by atoms with E-state index in [2.05, 4.69) is 15.3 Å². The number of anilines is 2. The van der Waals surface area contributed by atoms with E-state index in [1.165, 1.54) is 17.5 Å². The third-order valence-corrected chi connectivity index (χ3v) is 3.57. The molecular formula is C13H10N4OS. The van der Waals surface area contributed by atoms with E-state index in [4.69, 9.17) is 5.73 Å². The van der Waals surface area contributed by atoms with Gasteiger partial charge in [0.05, 0.1) is 6.20 Å². The van der Waals surface area contributed by atoms with Crippen molar-refractivity contribution in [2.24, 2.45) is 5.73 Å². The first-order valence-corrected chi connectivity index (χ1v) is 6.42. The number of pyridine rings is 1. The Morgan fingerprint density at radius 1 is 1.21 bits per heavy atom. The second-order valence-electron chi connectivity index (χ2n) is 3.90. The summed E-state index contributed by atoms with van der Waals surface area (Å²) in [7, 11) is 0. The predicted molar refractivity (Wildman–Crippen MR) is 75.7 cm³/mol. The lowest BCUT2D eigenvalue weighted by Crippen LogP contribution is -2.08. The summed E-state index contributed by atoms with van der Waals surface area (Å²) in [4.78, 5) is 19.8. The van der Waals surface area contributed by atoms with Gasteiger partial charge in [-0.15, -0.1) is 0 Å². The van der Waals surface area contributed by atoms with Crippen molar-refractivity contribution in [3.63, 3.8) is 0 Å². The molecule has 0 aliphatic heterocycles. The van der Waals surface area contributed by atoms with Gasteiger partial charge < -0.3 is 11.1 Å². The van der Waals surface area contributed by atoms with E-state index in [-0.39, 0.29) is 0 Å². The fraction of sp³-hybridized carbons (Fsp3) is 0. The summed E-state index contributed by atoms with van der Waals surface area (Å²) in [5.41, 5.74) is 5.20. The summed E-state index contributed by atoms with van der Waals surface area (Å²) < 4.78 is 0. The molecule has 19 heavy (non-hydrogen) atoms. The highest BCUT2D eigenvalue weighted by Crippen LogP contribution is 2.26. The highest BCUT2D eigenvalue weighted by atomic mass is 32.1. The van der Waals surface area contributed by atoms with Crippen molar-refractivity contribution < 1.29 is 4.79 Å². The average Bonchev–Trinajstić information content (AvgIpc) is 2.88. The van der Waals surface area contributed by atoms with Crippen molar-refractivity contribution >= 4 is 39.0 Å². The predicted octanol–water partition coefficient (Wildman–Crippen LogP) is 2.53. The molecule has 6 heteroatoms. The number of amides is 1. The number of primary amides is 1. The third-order valence-electron chi connectivity index (χ3n) is 2.65. The van der Waals surface area contributed by atoms with E-state index in [1.54, 1.807) is 6.20 Å². The summed E-state index contributed by atoms with van der Waals surface area (Å²) in [5, 5.41) is 5.80. The van der Waals surface area contributed by atoms with Crippen molar-refractivity contribution in [3.8, 4) is 0 Å². The number of nitrogens with zero attached hydrogens (tertiary/aromatic N) is 2. The molecule has 0 spiro atoms. The van der Waals surface area contributed by atoms with Gasteiger partial charge in [0, 0.05) is 11.6 Å². The fourth-order valence-corrected chi connectivity index (χ4v) is 2.43. The SMILES string of the molecule is NC(=O)c1cnc(Nc2nccc3ccccc23)s1. The van der Waals surface area contributed by atoms with Gasteiger partial charge in [-0.25, -0.2) is 9.97 Å². The van der Waals surface area contributed by atoms with E-state index in [1.807, 2.05) is 30.3 Å². The average molecular weight is 270 g/mol. The maximum absolute atomic E-state index is 11.0. The number of hydrogen-bond donors (Lipinski definition) is 2. The molecule has 0 aliphatic carbocycles. The lowest BCUT2D eigenvalue weighted by Gasteiger charge is -2.05. The van der Waals surface area contributed by atoms with Crippen LogP contribution in [0.2, 0.25) is 0 Å². The van der Waals surface area contributed by atoms with Crippen LogP contribution in [0.4, 0.5) is 10.9 Å². The van der Waals surface area contributed by atoms with Crippen LogP contribution < -0.4 is 11.1 Å². The highest BCUT2D eigenvalue weighted by Gasteiger charge is 2.08. The maximum Gasteiger partial charge on any atom is 0.260 e. The van der Waals surface area contributed by atoms with Crippen LogP contribution in [-0.2, 0) is 0 Å². The first-order chi connectivity index (χ1) is 9.24. The van der Waals surface area contributed by atoms with Gasteiger partial charge in [-0.1, -0.05) is 35.6 Å². The van der Waals surface area contributed by atoms with Crippen molar-refractivity contribution in [1.29, 1.82) is 0 Å². The number of fused-ring (bicyclic) bond motifs is 1. The molecule has 0 atom stereocenters. The zero-order chi connectivity index (χ0) is 13.2. The number of hydrogen-bond acceptors (Lipinski definition) is 5. The van der Waals surface area contributed by atoms with Crippen molar-refractivity contribution in [3.05, 3.63) is 47.6 Å². The minimum atomic E-state index is -0.476. The van der Waals surface area contributed by atoms with Gasteiger partial charge in [0.2, 0.25) is 0 Å². The Kier molecular flexibility index (Phi) is 2.85. The molecule has 0 bridgehead atoms. The first kappa shape index (κ1) is 11.6. The summed E-state index contributed by atoms with van der Waals surface area (Å²) in [6, 6.07) is 9.86. The van der Waals surface area contributed by atoms with Gasteiger partial charge in [0.15, 0.2) is 5.13 Å². The quantitative estimate of drug-likeness (QED) is 0.766. The van der Waals surface area contributed by atoms with Gasteiger partial charge in [-0.2, -0.15) is 0 Å². The van der Waals surface area contributed by atoms with Crippen LogP contribution >= 0.6 is 11.3 Å². The highest BCUT2D eigenvalue weighted by molar-refractivity contribution is 7.17. The lowest BCUT2D eigenvalue weighted by atomic mass is 10.2. The molecule has 3 N–H and O–H groups in total. The molecule has 1 amide bonds. The zero-order valence-electron chi connectivity index (χ0n) is 9.83. The first-order valence-electron chi connectivity index (χ1n) is 5.60. The second kappa shape index (κ2) is 4.66. The van der Waals surface area contributed by atoms with E-state index in [0.717, 1.165) is 10.8 Å². The van der Waals surface area contributed by atoms with Crippen molar-refractivity contribution in [2.45, 2.75) is 0 Å². The van der Waals surface area contributed by atoms with Crippen LogP contribution in [0, 0.1) is 0 Å². The molecule has 0 unspecified atom stereocenters. The molecule has 0 fully saturated rings. The van der Waals surface area contributed by atoms with Crippen LogP contribution in [0.3, 0.4) is 0 Å². The number of benzene rings is 1. The standard InChI is InChI=1S/C13H10N4OS/c14-11(18)10-7-16-13(19-10)17-12-9-4-2-1-3-8(9)5-6-15-12/h1-7H,(H2,14,18)(H,15,16,17). The number of aromatic nitrogens is 2. The molecule has 94 valence electrons. The van der Waals surface area contributed by atoms with Crippen LogP contribution in [0.1, 0.15) is 9.67 Å². The Bertz CT molecular complexity index is 748. The molecule has 1 aromatic carbocycles. The second-order valence-corrected chi connectivity index (χ2v) is 4.93. The molecule has 0 radical (unpaired) electrons. The van der Waals surface area contributed by atoms with Gasteiger partial charge in [-0.3, -0.25) is 4.79 Å². The van der Waals surface area contributed by atoms with Crippen LogP contribution in [0.25, 0.3) is 10.8 Å². The fourth-order valence-electron chi connectivity index (χ4n) is 1.77. The summed E-state index contributed by atoms with van der Waals surface area (Å²) in [5.74, 6) is 0.236. The van der Waals surface area contributed by atoms with E-state index >= 15 is 0 Å². The minimum absolute atomic E-state index is 0.419. The molecule has 3 rings (SSSR count). The topological polar surface area (TPSA) is 80.9 Å². The van der Waals surface area contributed by atoms with Gasteiger partial charge in [0.25, 0.3) is 5.91 Å². The monoisotopic (exact) mass is 270 g/mol. The number of nitrogens with two attached hydrogens (primary N) is 1. The molecule has 0 aliphatic rings. The van der Waals surface area contributed by atoms with Gasteiger partial charge in [-0.05, 0) is 11.5 Å².